The number of nitrogens with zero attached hydrogens (tertiary/aromatic N) is 2. The lowest BCUT2D eigenvalue weighted by molar-refractivity contribution is -0.138. The molecule has 5 rings (SSSR count). The Balaban J connectivity index is 1.82. The molecule has 1 aromatic heterocycles. The molecular weight excluding hydrogens is 490 g/mol. The number of anilines is 3. The highest BCUT2D eigenvalue weighted by molar-refractivity contribution is 5.95. The van der Waals surface area contributed by atoms with Crippen LogP contribution in [0.3, 0.4) is 0 Å². The van der Waals surface area contributed by atoms with E-state index in [4.69, 9.17) is 4.74 Å². The zero-order chi connectivity index (χ0) is 26.8. The highest BCUT2D eigenvalue weighted by atomic mass is 19.2. The minimum Gasteiger partial charge on any atom is -0.463 e. The largest absolute Gasteiger partial charge is 0.463 e. The van der Waals surface area contributed by atoms with E-state index in [-0.39, 0.29) is 18.1 Å². The van der Waals surface area contributed by atoms with Crippen molar-refractivity contribution in [2.75, 3.05) is 17.2 Å². The molecule has 1 unspecified atom stereocenters. The van der Waals surface area contributed by atoms with E-state index in [1.807, 2.05) is 36.4 Å². The van der Waals surface area contributed by atoms with Gasteiger partial charge in [-0.3, -0.25) is 0 Å². The third kappa shape index (κ3) is 4.54. The second-order valence-corrected chi connectivity index (χ2v) is 8.66. The maximum absolute atomic E-state index is 14.0. The Labute approximate surface area is 217 Å². The molecule has 0 radical (unpaired) electrons. The summed E-state index contributed by atoms with van der Waals surface area (Å²) >= 11 is 0. The molecule has 38 heavy (non-hydrogen) atoms. The summed E-state index contributed by atoms with van der Waals surface area (Å²) in [6.07, 6.45) is 0. The van der Waals surface area contributed by atoms with Gasteiger partial charge in [-0.1, -0.05) is 48.5 Å². The first-order valence-corrected chi connectivity index (χ1v) is 12.0. The van der Waals surface area contributed by atoms with Gasteiger partial charge in [0.15, 0.2) is 11.6 Å². The van der Waals surface area contributed by atoms with E-state index in [0.717, 1.165) is 17.7 Å². The van der Waals surface area contributed by atoms with Gasteiger partial charge in [-0.25, -0.2) is 22.9 Å². The van der Waals surface area contributed by atoms with E-state index in [0.29, 0.717) is 28.3 Å². The molecule has 192 valence electrons. The predicted octanol–water partition coefficient (Wildman–Crippen LogP) is 5.65. The van der Waals surface area contributed by atoms with Gasteiger partial charge < -0.3 is 15.4 Å². The van der Waals surface area contributed by atoms with Gasteiger partial charge in [-0.2, -0.15) is 4.98 Å². The molecule has 1 atom stereocenters. The predicted molar refractivity (Wildman–Crippen MR) is 141 cm³/mol. The van der Waals surface area contributed by atoms with Gasteiger partial charge >= 0.3 is 11.7 Å². The molecule has 2 heterocycles. The first-order chi connectivity index (χ1) is 18.4. The highest BCUT2D eigenvalue weighted by Crippen LogP contribution is 2.45. The molecule has 0 spiro atoms. The normalized spacial score (nSPS) is 14.5. The summed E-state index contributed by atoms with van der Waals surface area (Å²) in [6.45, 7) is 3.64. The lowest BCUT2D eigenvalue weighted by Gasteiger charge is -2.33. The number of ether oxygens (including phenoxy) is 1. The van der Waals surface area contributed by atoms with E-state index in [1.54, 1.807) is 38.1 Å². The molecule has 0 amide bonds. The van der Waals surface area contributed by atoms with Crippen LogP contribution in [0.15, 0.2) is 94.9 Å². The van der Waals surface area contributed by atoms with E-state index in [9.17, 15) is 18.4 Å². The molecule has 1 aliphatic heterocycles. The molecule has 0 saturated carbocycles. The molecule has 0 bridgehead atoms. The zero-order valence-electron chi connectivity index (χ0n) is 20.7. The van der Waals surface area contributed by atoms with Crippen LogP contribution in [0.2, 0.25) is 0 Å². The van der Waals surface area contributed by atoms with Crippen LogP contribution in [0.1, 0.15) is 30.9 Å². The molecule has 1 aliphatic rings. The maximum Gasteiger partial charge on any atom is 0.355 e. The van der Waals surface area contributed by atoms with Crippen LogP contribution in [0, 0.1) is 11.6 Å². The number of aromatic nitrogens is 2. The first kappa shape index (κ1) is 24.9. The molecule has 0 fully saturated rings. The van der Waals surface area contributed by atoms with Crippen molar-refractivity contribution in [1.82, 2.24) is 9.55 Å². The van der Waals surface area contributed by atoms with Crippen molar-refractivity contribution in [1.29, 1.82) is 0 Å². The van der Waals surface area contributed by atoms with Crippen LogP contribution >= 0.6 is 0 Å². The third-order valence-corrected chi connectivity index (χ3v) is 6.24. The number of hydrogen-bond acceptors (Lipinski definition) is 6. The summed E-state index contributed by atoms with van der Waals surface area (Å²) in [5.41, 5.74) is 2.23. The summed E-state index contributed by atoms with van der Waals surface area (Å²) in [6, 6.07) is 21.6. The molecule has 4 aromatic rings. The van der Waals surface area contributed by atoms with Gasteiger partial charge in [0.2, 0.25) is 0 Å². The van der Waals surface area contributed by atoms with Crippen molar-refractivity contribution in [2.24, 2.45) is 0 Å². The van der Waals surface area contributed by atoms with Crippen molar-refractivity contribution in [3.05, 3.63) is 123 Å². The Hall–Kier alpha value is -4.79. The topological polar surface area (TPSA) is 85.2 Å². The number of carbonyl (C=O) groups is 1. The number of esters is 1. The number of fused-ring (bicyclic) bond motifs is 1. The molecule has 0 saturated heterocycles. The summed E-state index contributed by atoms with van der Waals surface area (Å²) in [5.74, 6) is -2.78. The quantitative estimate of drug-likeness (QED) is 0.324. The average Bonchev–Trinajstić information content (AvgIpc) is 2.91. The first-order valence-electron chi connectivity index (χ1n) is 12.0. The Morgan fingerprint density at radius 3 is 2.37 bits per heavy atom. The second-order valence-electron chi connectivity index (χ2n) is 8.66. The second kappa shape index (κ2) is 10.3. The minimum absolute atomic E-state index is 0.0961. The van der Waals surface area contributed by atoms with Crippen LogP contribution in [-0.4, -0.2) is 22.1 Å². The molecular formula is C29H24F2N4O3. The van der Waals surface area contributed by atoms with E-state index in [2.05, 4.69) is 15.6 Å². The van der Waals surface area contributed by atoms with Crippen molar-refractivity contribution in [2.45, 2.75) is 19.8 Å². The molecule has 0 aliphatic carbocycles. The monoisotopic (exact) mass is 514 g/mol. The van der Waals surface area contributed by atoms with E-state index in [1.165, 1.54) is 10.6 Å². The van der Waals surface area contributed by atoms with Crippen molar-refractivity contribution in [3.63, 3.8) is 0 Å². The number of hydrogen-bond donors (Lipinski definition) is 2. The zero-order valence-corrected chi connectivity index (χ0v) is 20.7. The number of benzene rings is 3. The van der Waals surface area contributed by atoms with Gasteiger partial charge in [0.25, 0.3) is 0 Å². The van der Waals surface area contributed by atoms with Crippen LogP contribution in [-0.2, 0) is 9.53 Å². The number of carbonyl (C=O) groups excluding carboxylic acids is 1. The van der Waals surface area contributed by atoms with Crippen LogP contribution < -0.4 is 16.3 Å². The number of nitrogens with one attached hydrogen (secondary N) is 2. The molecule has 3 aromatic carbocycles. The number of rotatable bonds is 6. The lowest BCUT2D eigenvalue weighted by atomic mass is 9.81. The number of allylic oxidation sites excluding steroid dienone is 1. The summed E-state index contributed by atoms with van der Waals surface area (Å²) in [7, 11) is 0. The average molecular weight is 515 g/mol. The van der Waals surface area contributed by atoms with Gasteiger partial charge in [0, 0.05) is 23.0 Å². The Kier molecular flexibility index (Phi) is 6.74. The Morgan fingerprint density at radius 2 is 1.71 bits per heavy atom. The van der Waals surface area contributed by atoms with E-state index < -0.39 is 29.2 Å². The fraction of sp³-hybridized carbons (Fsp3) is 0.138. The fourth-order valence-electron chi connectivity index (χ4n) is 4.62. The number of para-hydroxylation sites is 1. The van der Waals surface area contributed by atoms with Crippen LogP contribution in [0.25, 0.3) is 5.69 Å². The third-order valence-electron chi connectivity index (χ3n) is 6.24. The number of halogens is 2. The molecule has 7 nitrogen and oxygen atoms in total. The Morgan fingerprint density at radius 1 is 1.03 bits per heavy atom. The van der Waals surface area contributed by atoms with Gasteiger partial charge in [0.1, 0.15) is 11.6 Å². The van der Waals surface area contributed by atoms with Gasteiger partial charge in [-0.05, 0) is 43.7 Å². The summed E-state index contributed by atoms with van der Waals surface area (Å²) < 4.78 is 34.5. The molecule has 9 heteroatoms. The summed E-state index contributed by atoms with van der Waals surface area (Å²) in [5, 5.41) is 6.21. The van der Waals surface area contributed by atoms with Crippen molar-refractivity contribution in [3.8, 4) is 5.69 Å². The molecule has 2 N–H and O–H groups in total. The Bertz CT molecular complexity index is 1600. The van der Waals surface area contributed by atoms with Crippen LogP contribution in [0.4, 0.5) is 26.1 Å². The lowest BCUT2D eigenvalue weighted by Crippen LogP contribution is -2.33. The fourth-order valence-corrected chi connectivity index (χ4v) is 4.62. The minimum atomic E-state index is -1.05. The maximum atomic E-state index is 14.0. The standard InChI is InChI=1S/C29H24F2N4O3/c1-3-38-28(36)23-17(2)32-27-25(24(23)18-10-6-4-7-11-18)26(33-19-14-15-21(30)22(31)16-19)34-29(37)35(27)20-12-8-5-9-13-20/h4-16,24,32H,3H2,1-2H3,(H,33,34,37). The highest BCUT2D eigenvalue weighted by Gasteiger charge is 2.38. The van der Waals surface area contributed by atoms with Crippen LogP contribution in [0.5, 0.6) is 0 Å². The van der Waals surface area contributed by atoms with Crippen molar-refractivity contribution < 1.29 is 18.3 Å². The SMILES string of the molecule is CCOC(=O)C1=C(C)Nc2c(c(Nc3ccc(F)c(F)c3)nc(=O)n2-c2ccccc2)C1c1ccccc1. The van der Waals surface area contributed by atoms with E-state index >= 15 is 0 Å². The van der Waals surface area contributed by atoms with Gasteiger partial charge in [-0.15, -0.1) is 0 Å². The summed E-state index contributed by atoms with van der Waals surface area (Å²) in [4.78, 5) is 31.0. The van der Waals surface area contributed by atoms with Crippen molar-refractivity contribution >= 4 is 23.3 Å². The van der Waals surface area contributed by atoms with Gasteiger partial charge in [0.05, 0.1) is 23.8 Å². The smallest absolute Gasteiger partial charge is 0.355 e.